The number of carboxylic acids is 1. The predicted octanol–water partition coefficient (Wildman–Crippen LogP) is 2.60. The lowest BCUT2D eigenvalue weighted by Crippen LogP contribution is -2.11. The van der Waals surface area contributed by atoms with Gasteiger partial charge in [-0.2, -0.15) is 0 Å². The fourth-order valence-corrected chi connectivity index (χ4v) is 1.19. The van der Waals surface area contributed by atoms with Crippen LogP contribution >= 0.6 is 11.6 Å². The molecular weight excluding hydrogens is 188 g/mol. The van der Waals surface area contributed by atoms with Gasteiger partial charge in [-0.05, 0) is 24.1 Å². The molecule has 0 aliphatic rings. The Bertz CT molecular complexity index is 292. The summed E-state index contributed by atoms with van der Waals surface area (Å²) in [7, 11) is 0. The summed E-state index contributed by atoms with van der Waals surface area (Å²) in [4.78, 5) is 10.5. The van der Waals surface area contributed by atoms with Crippen molar-refractivity contribution >= 4 is 17.6 Å². The predicted molar refractivity (Wildman–Crippen MR) is 52.0 cm³/mol. The maximum atomic E-state index is 10.5. The summed E-state index contributed by atoms with van der Waals surface area (Å²) in [6, 6.07) is 7.24. The van der Waals surface area contributed by atoms with Crippen molar-refractivity contribution in [2.24, 2.45) is 5.92 Å². The summed E-state index contributed by atoms with van der Waals surface area (Å²) in [6.07, 6.45) is 0.548. The van der Waals surface area contributed by atoms with Crippen LogP contribution in [0.25, 0.3) is 0 Å². The van der Waals surface area contributed by atoms with E-state index in [0.717, 1.165) is 5.56 Å². The van der Waals surface area contributed by atoms with E-state index in [4.69, 9.17) is 16.7 Å². The molecule has 0 unspecified atom stereocenters. The molecule has 0 amide bonds. The summed E-state index contributed by atoms with van der Waals surface area (Å²) in [5.41, 5.74) is 0.999. The van der Waals surface area contributed by atoms with E-state index in [1.165, 1.54) is 0 Å². The number of carboxylic acid groups (broad SMARTS) is 1. The molecule has 1 aromatic carbocycles. The van der Waals surface area contributed by atoms with Crippen molar-refractivity contribution in [1.29, 1.82) is 0 Å². The second-order valence-corrected chi connectivity index (χ2v) is 3.51. The largest absolute Gasteiger partial charge is 0.481 e. The lowest BCUT2D eigenvalue weighted by molar-refractivity contribution is -0.141. The Labute approximate surface area is 82.2 Å². The molecule has 1 atom stereocenters. The molecule has 1 rings (SSSR count). The molecule has 2 nitrogen and oxygen atoms in total. The Kier molecular flexibility index (Phi) is 3.32. The van der Waals surface area contributed by atoms with E-state index < -0.39 is 5.97 Å². The van der Waals surface area contributed by atoms with Gasteiger partial charge in [0, 0.05) is 5.02 Å². The van der Waals surface area contributed by atoms with Gasteiger partial charge in [0.2, 0.25) is 0 Å². The maximum Gasteiger partial charge on any atom is 0.306 e. The zero-order chi connectivity index (χ0) is 9.84. The maximum absolute atomic E-state index is 10.5. The van der Waals surface area contributed by atoms with E-state index in [1.807, 2.05) is 12.1 Å². The molecule has 13 heavy (non-hydrogen) atoms. The van der Waals surface area contributed by atoms with Crippen molar-refractivity contribution in [3.05, 3.63) is 34.9 Å². The normalized spacial score (nSPS) is 12.5. The van der Waals surface area contributed by atoms with E-state index in [0.29, 0.717) is 11.4 Å². The fourth-order valence-electron chi connectivity index (χ4n) is 1.06. The molecule has 1 aromatic rings. The standard InChI is InChI=1S/C10H11ClO2/c1-7(10(12)13)6-8-2-4-9(11)5-3-8/h2-5,7H,6H2,1H3,(H,12,13)/t7-/m1/s1. The summed E-state index contributed by atoms with van der Waals surface area (Å²) in [5.74, 6) is -1.11. The molecule has 70 valence electrons. The van der Waals surface area contributed by atoms with Gasteiger partial charge in [0.15, 0.2) is 0 Å². The quantitative estimate of drug-likeness (QED) is 0.811. The lowest BCUT2D eigenvalue weighted by Gasteiger charge is -2.05. The zero-order valence-electron chi connectivity index (χ0n) is 7.33. The van der Waals surface area contributed by atoms with Gasteiger partial charge in [0.1, 0.15) is 0 Å². The second kappa shape index (κ2) is 4.28. The Morgan fingerprint density at radius 3 is 2.46 bits per heavy atom. The average molecular weight is 199 g/mol. The van der Waals surface area contributed by atoms with Crippen molar-refractivity contribution in [3.63, 3.8) is 0 Å². The molecule has 0 aliphatic heterocycles. The first-order valence-electron chi connectivity index (χ1n) is 4.07. The zero-order valence-corrected chi connectivity index (χ0v) is 8.08. The Balaban J connectivity index is 2.64. The summed E-state index contributed by atoms with van der Waals surface area (Å²) >= 11 is 5.69. The number of rotatable bonds is 3. The number of hydrogen-bond acceptors (Lipinski definition) is 1. The third-order valence-corrected chi connectivity index (χ3v) is 2.13. The van der Waals surface area contributed by atoms with Gasteiger partial charge in [-0.3, -0.25) is 4.79 Å². The topological polar surface area (TPSA) is 37.3 Å². The Morgan fingerprint density at radius 1 is 1.46 bits per heavy atom. The highest BCUT2D eigenvalue weighted by Gasteiger charge is 2.10. The highest BCUT2D eigenvalue weighted by atomic mass is 35.5. The molecule has 1 N–H and O–H groups in total. The van der Waals surface area contributed by atoms with E-state index in [9.17, 15) is 4.79 Å². The van der Waals surface area contributed by atoms with Crippen LogP contribution in [-0.4, -0.2) is 11.1 Å². The van der Waals surface area contributed by atoms with Crippen LogP contribution < -0.4 is 0 Å². The minimum Gasteiger partial charge on any atom is -0.481 e. The van der Waals surface area contributed by atoms with Crippen molar-refractivity contribution in [3.8, 4) is 0 Å². The van der Waals surface area contributed by atoms with E-state index >= 15 is 0 Å². The third kappa shape index (κ3) is 3.07. The molecule has 0 bridgehead atoms. The number of carbonyl (C=O) groups is 1. The average Bonchev–Trinajstić information content (AvgIpc) is 2.08. The molecule has 0 saturated heterocycles. The van der Waals surface area contributed by atoms with Crippen LogP contribution in [0, 0.1) is 5.92 Å². The van der Waals surface area contributed by atoms with Gasteiger partial charge in [-0.25, -0.2) is 0 Å². The van der Waals surface area contributed by atoms with Crippen LogP contribution in [0.3, 0.4) is 0 Å². The van der Waals surface area contributed by atoms with Gasteiger partial charge in [0.25, 0.3) is 0 Å². The van der Waals surface area contributed by atoms with Gasteiger partial charge in [0.05, 0.1) is 5.92 Å². The molecule has 0 aromatic heterocycles. The molecule has 0 radical (unpaired) electrons. The minimum atomic E-state index is -0.769. The highest BCUT2D eigenvalue weighted by Crippen LogP contribution is 2.13. The SMILES string of the molecule is C[C@H](Cc1ccc(Cl)cc1)C(=O)O. The number of benzene rings is 1. The smallest absolute Gasteiger partial charge is 0.306 e. The summed E-state index contributed by atoms with van der Waals surface area (Å²) in [6.45, 7) is 1.69. The lowest BCUT2D eigenvalue weighted by atomic mass is 10.0. The number of aliphatic carboxylic acids is 1. The van der Waals surface area contributed by atoms with Crippen LogP contribution in [0.2, 0.25) is 5.02 Å². The summed E-state index contributed by atoms with van der Waals surface area (Å²) in [5, 5.41) is 9.34. The van der Waals surface area contributed by atoms with Crippen LogP contribution in [-0.2, 0) is 11.2 Å². The van der Waals surface area contributed by atoms with Crippen molar-refractivity contribution < 1.29 is 9.90 Å². The minimum absolute atomic E-state index is 0.346. The van der Waals surface area contributed by atoms with E-state index in [2.05, 4.69) is 0 Å². The van der Waals surface area contributed by atoms with Gasteiger partial charge in [-0.1, -0.05) is 30.7 Å². The molecule has 0 saturated carbocycles. The molecule has 0 aliphatic carbocycles. The first-order valence-corrected chi connectivity index (χ1v) is 4.44. The monoisotopic (exact) mass is 198 g/mol. The van der Waals surface area contributed by atoms with Crippen molar-refractivity contribution in [2.75, 3.05) is 0 Å². The molecule has 3 heteroatoms. The van der Waals surface area contributed by atoms with Gasteiger partial charge >= 0.3 is 5.97 Å². The number of halogens is 1. The van der Waals surface area contributed by atoms with Crippen molar-refractivity contribution in [1.82, 2.24) is 0 Å². The molecule has 0 heterocycles. The highest BCUT2D eigenvalue weighted by molar-refractivity contribution is 6.30. The van der Waals surface area contributed by atoms with Crippen LogP contribution in [0.4, 0.5) is 0 Å². The van der Waals surface area contributed by atoms with Crippen LogP contribution in [0.5, 0.6) is 0 Å². The van der Waals surface area contributed by atoms with Crippen LogP contribution in [0.1, 0.15) is 12.5 Å². The van der Waals surface area contributed by atoms with Crippen molar-refractivity contribution in [2.45, 2.75) is 13.3 Å². The molecule has 0 fully saturated rings. The Morgan fingerprint density at radius 2 is 2.00 bits per heavy atom. The van der Waals surface area contributed by atoms with Crippen LogP contribution in [0.15, 0.2) is 24.3 Å². The molecular formula is C10H11ClO2. The summed E-state index contributed by atoms with van der Waals surface area (Å²) < 4.78 is 0. The Hall–Kier alpha value is -1.02. The van der Waals surface area contributed by atoms with E-state index in [-0.39, 0.29) is 5.92 Å². The van der Waals surface area contributed by atoms with Gasteiger partial charge < -0.3 is 5.11 Å². The third-order valence-electron chi connectivity index (χ3n) is 1.88. The first-order chi connectivity index (χ1) is 6.09. The second-order valence-electron chi connectivity index (χ2n) is 3.07. The first kappa shape index (κ1) is 10.1. The van der Waals surface area contributed by atoms with E-state index in [1.54, 1.807) is 19.1 Å². The number of hydrogen-bond donors (Lipinski definition) is 1. The fraction of sp³-hybridized carbons (Fsp3) is 0.300. The molecule has 0 spiro atoms. The van der Waals surface area contributed by atoms with Gasteiger partial charge in [-0.15, -0.1) is 0 Å².